The number of aromatic nitrogens is 2. The molecule has 3 heterocycles. The lowest BCUT2D eigenvalue weighted by Crippen LogP contribution is -2.37. The van der Waals surface area contributed by atoms with E-state index in [1.54, 1.807) is 6.07 Å². The molecule has 1 saturated carbocycles. The highest BCUT2D eigenvalue weighted by Crippen LogP contribution is 2.38. The lowest BCUT2D eigenvalue weighted by Gasteiger charge is -2.32. The minimum atomic E-state index is -0.362. The summed E-state index contributed by atoms with van der Waals surface area (Å²) in [5, 5.41) is 3.30. The van der Waals surface area contributed by atoms with Gasteiger partial charge in [0.2, 0.25) is 0 Å². The summed E-state index contributed by atoms with van der Waals surface area (Å²) in [6.45, 7) is 4.65. The van der Waals surface area contributed by atoms with E-state index in [4.69, 9.17) is 4.74 Å². The van der Waals surface area contributed by atoms with Crippen molar-refractivity contribution in [2.75, 3.05) is 29.9 Å². The summed E-state index contributed by atoms with van der Waals surface area (Å²) >= 11 is 0. The second-order valence-electron chi connectivity index (χ2n) is 8.77. The molecule has 2 aliphatic carbocycles. The van der Waals surface area contributed by atoms with E-state index in [0.717, 1.165) is 55.3 Å². The van der Waals surface area contributed by atoms with Crippen LogP contribution in [0.2, 0.25) is 0 Å². The van der Waals surface area contributed by atoms with Gasteiger partial charge in [-0.15, -0.1) is 0 Å². The van der Waals surface area contributed by atoms with Gasteiger partial charge in [-0.1, -0.05) is 17.7 Å². The summed E-state index contributed by atoms with van der Waals surface area (Å²) in [7, 11) is 0. The van der Waals surface area contributed by atoms with E-state index in [9.17, 15) is 0 Å². The Labute approximate surface area is 180 Å². The summed E-state index contributed by atoms with van der Waals surface area (Å²) in [4.78, 5) is 15.8. The molecule has 2 aromatic rings. The molecule has 2 fully saturated rings. The first-order valence-corrected chi connectivity index (χ1v) is 10.9. The molecule has 0 amide bonds. The van der Waals surface area contributed by atoms with E-state index in [2.05, 4.69) is 31.3 Å². The molecule has 1 aromatic heterocycles. The molecular formula is C24H24FN5O. The Hall–Kier alpha value is -3.22. The van der Waals surface area contributed by atoms with Gasteiger partial charge >= 0.3 is 6.01 Å². The molecule has 0 atom stereocenters. The fourth-order valence-corrected chi connectivity index (χ4v) is 4.28. The number of nitrogens with zero attached hydrogens (tertiary/aromatic N) is 4. The Balaban J connectivity index is 1.29. The number of aliphatic imine (C=N–C) groups is 1. The minimum absolute atomic E-state index is 0.134. The third-order valence-corrected chi connectivity index (χ3v) is 6.28. The number of amidine groups is 1. The summed E-state index contributed by atoms with van der Waals surface area (Å²) < 4.78 is 20.9. The lowest BCUT2D eigenvalue weighted by atomic mass is 10.1. The molecule has 1 aromatic carbocycles. The summed E-state index contributed by atoms with van der Waals surface area (Å²) in [6.07, 6.45) is 8.44. The largest absolute Gasteiger partial charge is 0.421 e. The Bertz CT molecular complexity index is 1160. The Morgan fingerprint density at radius 3 is 2.81 bits per heavy atom. The fraction of sp³-hybridized carbons (Fsp3) is 0.375. The van der Waals surface area contributed by atoms with Crippen molar-refractivity contribution in [2.24, 2.45) is 10.9 Å². The molecule has 7 heteroatoms. The van der Waals surface area contributed by atoms with Crippen LogP contribution in [0.3, 0.4) is 0 Å². The van der Waals surface area contributed by atoms with E-state index in [-0.39, 0.29) is 17.6 Å². The smallest absolute Gasteiger partial charge is 0.326 e. The lowest BCUT2D eigenvalue weighted by molar-refractivity contribution is 0.410. The Morgan fingerprint density at radius 1 is 1.16 bits per heavy atom. The highest BCUT2D eigenvalue weighted by atomic mass is 19.1. The first-order valence-electron chi connectivity index (χ1n) is 10.9. The van der Waals surface area contributed by atoms with E-state index in [1.807, 2.05) is 25.1 Å². The number of ether oxygens (including phenoxy) is 1. The first kappa shape index (κ1) is 18.5. The van der Waals surface area contributed by atoms with Gasteiger partial charge in [-0.25, -0.2) is 4.39 Å². The Kier molecular flexibility index (Phi) is 4.30. The van der Waals surface area contributed by atoms with Crippen molar-refractivity contribution in [3.63, 3.8) is 0 Å². The van der Waals surface area contributed by atoms with Gasteiger partial charge < -0.3 is 15.0 Å². The van der Waals surface area contributed by atoms with Crippen LogP contribution in [0.15, 0.2) is 40.4 Å². The number of fused-ring (bicyclic) bond motifs is 1. The summed E-state index contributed by atoms with van der Waals surface area (Å²) in [5.41, 5.74) is 4.12. The van der Waals surface area contributed by atoms with Crippen LogP contribution in [0.25, 0.3) is 6.08 Å². The second-order valence-corrected chi connectivity index (χ2v) is 8.77. The van der Waals surface area contributed by atoms with Crippen LogP contribution < -0.4 is 15.0 Å². The van der Waals surface area contributed by atoms with Gasteiger partial charge in [-0.3, -0.25) is 4.99 Å². The van der Waals surface area contributed by atoms with Crippen LogP contribution in [0.4, 0.5) is 16.0 Å². The molecule has 6 nitrogen and oxygen atoms in total. The molecule has 158 valence electrons. The van der Waals surface area contributed by atoms with Crippen LogP contribution in [0.1, 0.15) is 37.3 Å². The predicted octanol–water partition coefficient (Wildman–Crippen LogP) is 4.74. The number of rotatable bonds is 5. The van der Waals surface area contributed by atoms with Crippen LogP contribution >= 0.6 is 0 Å². The van der Waals surface area contributed by atoms with Gasteiger partial charge in [0.15, 0.2) is 11.6 Å². The van der Waals surface area contributed by atoms with Gasteiger partial charge in [0.05, 0.1) is 6.54 Å². The maximum atomic E-state index is 15.0. The average Bonchev–Trinajstić information content (AvgIpc) is 3.32. The van der Waals surface area contributed by atoms with Crippen molar-refractivity contribution in [1.29, 1.82) is 0 Å². The quantitative estimate of drug-likeness (QED) is 0.762. The topological polar surface area (TPSA) is 62.6 Å². The third kappa shape index (κ3) is 3.58. The Morgan fingerprint density at radius 2 is 2.03 bits per heavy atom. The highest BCUT2D eigenvalue weighted by Gasteiger charge is 2.28. The molecule has 0 spiro atoms. The number of hydrogen-bond donors (Lipinski definition) is 1. The van der Waals surface area contributed by atoms with Gasteiger partial charge in [-0.05, 0) is 61.8 Å². The molecule has 4 aliphatic rings. The normalized spacial score (nSPS) is 19.4. The third-order valence-electron chi connectivity index (χ3n) is 6.28. The van der Waals surface area contributed by atoms with E-state index < -0.39 is 0 Å². The summed E-state index contributed by atoms with van der Waals surface area (Å²) in [6, 6.07) is 5.62. The van der Waals surface area contributed by atoms with Gasteiger partial charge in [0.1, 0.15) is 17.5 Å². The van der Waals surface area contributed by atoms with Crippen molar-refractivity contribution in [2.45, 2.75) is 32.6 Å². The van der Waals surface area contributed by atoms with E-state index in [1.165, 1.54) is 18.4 Å². The number of nitrogens with one attached hydrogen (secondary N) is 1. The van der Waals surface area contributed by atoms with Crippen molar-refractivity contribution in [1.82, 2.24) is 9.97 Å². The zero-order chi connectivity index (χ0) is 20.9. The van der Waals surface area contributed by atoms with Gasteiger partial charge in [-0.2, -0.15) is 9.97 Å². The fourth-order valence-electron chi connectivity index (χ4n) is 4.28. The molecule has 0 bridgehead atoms. The average molecular weight is 417 g/mol. The summed E-state index contributed by atoms with van der Waals surface area (Å²) in [5.74, 6) is 2.68. The zero-order valence-corrected chi connectivity index (χ0v) is 17.5. The van der Waals surface area contributed by atoms with Crippen LogP contribution in [-0.2, 0) is 6.42 Å². The van der Waals surface area contributed by atoms with E-state index >= 15 is 4.39 Å². The molecule has 6 rings (SSSR count). The minimum Gasteiger partial charge on any atom is -0.421 e. The molecule has 1 N–H and O–H groups in total. The molecule has 0 radical (unpaired) electrons. The number of allylic oxidation sites excluding steroid dienone is 1. The number of hydrogen-bond acceptors (Lipinski definition) is 6. The maximum Gasteiger partial charge on any atom is 0.326 e. The molecular weight excluding hydrogens is 393 g/mol. The van der Waals surface area contributed by atoms with Crippen molar-refractivity contribution in [3.8, 4) is 11.8 Å². The van der Waals surface area contributed by atoms with Gasteiger partial charge in [0, 0.05) is 24.7 Å². The maximum absolute atomic E-state index is 15.0. The number of benzene rings is 1. The van der Waals surface area contributed by atoms with Crippen molar-refractivity contribution >= 4 is 23.5 Å². The first-order chi connectivity index (χ1) is 15.1. The molecule has 31 heavy (non-hydrogen) atoms. The SMILES string of the molecule is CC1=Cc2c(ccc(Oc3nc(NC4=NCC(C5CC5)=C4)cc(N4CCC4)n3)c2F)C1. The highest BCUT2D eigenvalue weighted by molar-refractivity contribution is 6.05. The van der Waals surface area contributed by atoms with Gasteiger partial charge in [0.25, 0.3) is 0 Å². The van der Waals surface area contributed by atoms with Crippen LogP contribution in [0.5, 0.6) is 11.8 Å². The predicted molar refractivity (Wildman–Crippen MR) is 119 cm³/mol. The van der Waals surface area contributed by atoms with Crippen LogP contribution in [-0.4, -0.2) is 35.4 Å². The van der Waals surface area contributed by atoms with Crippen molar-refractivity contribution in [3.05, 3.63) is 52.4 Å². The van der Waals surface area contributed by atoms with E-state index in [0.29, 0.717) is 17.3 Å². The monoisotopic (exact) mass is 417 g/mol. The van der Waals surface area contributed by atoms with Crippen LogP contribution in [0, 0.1) is 11.7 Å². The second kappa shape index (κ2) is 7.18. The molecule has 1 saturated heterocycles. The van der Waals surface area contributed by atoms with Crippen molar-refractivity contribution < 1.29 is 9.13 Å². The molecule has 0 unspecified atom stereocenters. The standard InChI is InChI=1S/C24H24FN5O/c1-14-9-16-5-6-19(23(25)18(16)10-14)31-24-28-21(12-22(29-24)30-7-2-8-30)27-20-11-17(13-26-20)15-3-4-15/h5-6,10-12,15H,2-4,7-9,13H2,1H3,(H,26,27,28,29). The zero-order valence-electron chi connectivity index (χ0n) is 17.5. The molecule has 2 aliphatic heterocycles. The number of anilines is 2. The number of halogens is 1.